The van der Waals surface area contributed by atoms with Gasteiger partial charge in [0.25, 0.3) is 0 Å². The highest BCUT2D eigenvalue weighted by molar-refractivity contribution is 5.98. The van der Waals surface area contributed by atoms with Crippen molar-refractivity contribution in [2.75, 3.05) is 26.2 Å². The predicted molar refractivity (Wildman–Crippen MR) is 99.2 cm³/mol. The molecule has 0 saturated heterocycles. The Labute approximate surface area is 153 Å². The van der Waals surface area contributed by atoms with Gasteiger partial charge in [-0.25, -0.2) is 0 Å². The Kier molecular flexibility index (Phi) is 6.20. The second kappa shape index (κ2) is 8.78. The lowest BCUT2D eigenvalue weighted by Crippen LogP contribution is -2.27. The topological polar surface area (TPSA) is 72.9 Å². The van der Waals surface area contributed by atoms with Crippen molar-refractivity contribution in [3.8, 4) is 0 Å². The molecular formula is C20H25N3O3. The maximum absolute atomic E-state index is 12.5. The highest BCUT2D eigenvalue weighted by Gasteiger charge is 2.16. The number of Topliss-reactive ketones (excluding diaryl/α,β-unsaturated/α-hetero) is 1. The van der Waals surface area contributed by atoms with Gasteiger partial charge < -0.3 is 15.3 Å². The summed E-state index contributed by atoms with van der Waals surface area (Å²) in [4.78, 5) is 28.0. The van der Waals surface area contributed by atoms with E-state index in [1.807, 2.05) is 18.2 Å². The third-order valence-electron chi connectivity index (χ3n) is 4.72. The van der Waals surface area contributed by atoms with Crippen LogP contribution < -0.4 is 5.32 Å². The number of aliphatic hydroxyl groups is 1. The summed E-state index contributed by atoms with van der Waals surface area (Å²) in [6.45, 7) is 2.45. The average molecular weight is 355 g/mol. The summed E-state index contributed by atoms with van der Waals surface area (Å²) < 4.78 is 0. The fourth-order valence-corrected chi connectivity index (χ4v) is 3.19. The summed E-state index contributed by atoms with van der Waals surface area (Å²) in [5, 5.41) is 12.3. The van der Waals surface area contributed by atoms with Crippen LogP contribution in [0.5, 0.6) is 0 Å². The van der Waals surface area contributed by atoms with Crippen molar-refractivity contribution in [1.82, 2.24) is 15.1 Å². The normalized spacial score (nSPS) is 16.3. The van der Waals surface area contributed by atoms with Gasteiger partial charge in [0.2, 0.25) is 5.91 Å². The molecule has 1 aromatic carbocycles. The summed E-state index contributed by atoms with van der Waals surface area (Å²) in [6, 6.07) is 5.91. The largest absolute Gasteiger partial charge is 0.395 e. The van der Waals surface area contributed by atoms with Gasteiger partial charge in [-0.05, 0) is 43.1 Å². The molecule has 0 aromatic heterocycles. The number of carbonyl (C=O) groups is 2. The van der Waals surface area contributed by atoms with Gasteiger partial charge in [0.05, 0.1) is 6.61 Å². The minimum Gasteiger partial charge on any atom is -0.395 e. The van der Waals surface area contributed by atoms with Crippen LogP contribution in [0.15, 0.2) is 43.0 Å². The molecule has 2 aliphatic heterocycles. The maximum Gasteiger partial charge on any atom is 0.231 e. The zero-order valence-electron chi connectivity index (χ0n) is 14.9. The number of hydrogen-bond acceptors (Lipinski definition) is 5. The molecule has 0 saturated carbocycles. The van der Waals surface area contributed by atoms with Crippen LogP contribution in [0.3, 0.4) is 0 Å². The monoisotopic (exact) mass is 355 g/mol. The number of rotatable bonds is 6. The number of nitrogens with one attached hydrogen (secondary N) is 1. The predicted octanol–water partition coefficient (Wildman–Crippen LogP) is 1.42. The Hall–Kier alpha value is -2.44. The lowest BCUT2D eigenvalue weighted by molar-refractivity contribution is -0.126. The fraction of sp³-hybridized carbons (Fsp3) is 0.400. The Morgan fingerprint density at radius 2 is 1.73 bits per heavy atom. The molecular weight excluding hydrogens is 330 g/mol. The number of fused-ring (bicyclic) bond motifs is 1. The van der Waals surface area contributed by atoms with E-state index in [1.165, 1.54) is 16.0 Å². The quantitative estimate of drug-likeness (QED) is 0.755. The number of carbonyl (C=O) groups excluding carboxylic acids is 2. The number of ketones is 1. The minimum absolute atomic E-state index is 0.00484. The summed E-state index contributed by atoms with van der Waals surface area (Å²) in [5.74, 6) is -0.112. The molecule has 1 amide bonds. The maximum atomic E-state index is 12.5. The van der Waals surface area contributed by atoms with Crippen LogP contribution in [0, 0.1) is 0 Å². The van der Waals surface area contributed by atoms with Crippen molar-refractivity contribution in [2.45, 2.75) is 25.7 Å². The number of nitrogens with zero attached hydrogens (tertiary/aromatic N) is 2. The van der Waals surface area contributed by atoms with Crippen LogP contribution >= 0.6 is 0 Å². The Morgan fingerprint density at radius 3 is 2.46 bits per heavy atom. The van der Waals surface area contributed by atoms with E-state index in [0.717, 1.165) is 25.9 Å². The smallest absolute Gasteiger partial charge is 0.231 e. The first-order valence-electron chi connectivity index (χ1n) is 9.07. The van der Waals surface area contributed by atoms with E-state index in [-0.39, 0.29) is 31.1 Å². The second-order valence-corrected chi connectivity index (χ2v) is 6.52. The van der Waals surface area contributed by atoms with E-state index < -0.39 is 0 Å². The molecule has 2 heterocycles. The molecule has 6 heteroatoms. The minimum atomic E-state index is -0.117. The molecule has 2 aliphatic rings. The van der Waals surface area contributed by atoms with Crippen molar-refractivity contribution in [1.29, 1.82) is 0 Å². The summed E-state index contributed by atoms with van der Waals surface area (Å²) in [5.41, 5.74) is 3.23. The Bertz CT molecular complexity index is 713. The van der Waals surface area contributed by atoms with Gasteiger partial charge in [-0.3, -0.25) is 14.5 Å². The zero-order valence-corrected chi connectivity index (χ0v) is 14.9. The van der Waals surface area contributed by atoms with Crippen molar-refractivity contribution < 1.29 is 14.7 Å². The van der Waals surface area contributed by atoms with E-state index in [2.05, 4.69) is 5.32 Å². The first-order valence-corrected chi connectivity index (χ1v) is 9.07. The Morgan fingerprint density at radius 1 is 1.00 bits per heavy atom. The molecule has 0 aliphatic carbocycles. The molecule has 2 N–H and O–H groups in total. The molecule has 0 atom stereocenters. The van der Waals surface area contributed by atoms with Gasteiger partial charge in [-0.2, -0.15) is 0 Å². The number of hydrogen-bond donors (Lipinski definition) is 2. The van der Waals surface area contributed by atoms with E-state index in [4.69, 9.17) is 5.11 Å². The third kappa shape index (κ3) is 4.59. The molecule has 6 nitrogen and oxygen atoms in total. The Balaban J connectivity index is 1.54. The summed E-state index contributed by atoms with van der Waals surface area (Å²) in [6.07, 6.45) is 9.06. The van der Waals surface area contributed by atoms with Gasteiger partial charge in [-0.15, -0.1) is 0 Å². The highest BCUT2D eigenvalue weighted by atomic mass is 16.3. The van der Waals surface area contributed by atoms with Crippen molar-refractivity contribution >= 4 is 11.7 Å². The third-order valence-corrected chi connectivity index (χ3v) is 4.72. The first kappa shape index (κ1) is 18.4. The first-order chi connectivity index (χ1) is 12.7. The fourth-order valence-electron chi connectivity index (χ4n) is 3.19. The lowest BCUT2D eigenvalue weighted by Gasteiger charge is -2.23. The second-order valence-electron chi connectivity index (χ2n) is 6.52. The van der Waals surface area contributed by atoms with Gasteiger partial charge in [-0.1, -0.05) is 12.1 Å². The van der Waals surface area contributed by atoms with Crippen molar-refractivity contribution in [3.63, 3.8) is 0 Å². The van der Waals surface area contributed by atoms with E-state index in [0.29, 0.717) is 12.1 Å². The molecule has 0 radical (unpaired) electrons. The van der Waals surface area contributed by atoms with Crippen molar-refractivity contribution in [2.24, 2.45) is 0 Å². The number of aliphatic hydroxyl groups excluding tert-OH is 1. The van der Waals surface area contributed by atoms with Crippen LogP contribution in [0.4, 0.5) is 0 Å². The molecule has 0 spiro atoms. The average Bonchev–Trinajstić information content (AvgIpc) is 2.91. The van der Waals surface area contributed by atoms with Crippen molar-refractivity contribution in [3.05, 3.63) is 59.7 Å². The standard InChI is InChI=1S/C20H25N3O3/c24-14-13-22-9-11-23(12-10-22)20(26)4-3-19(25)18-2-1-16-5-7-21-8-6-17(16)15-18/h1-2,9-12,15,21,24H,3-8,13-14H2. The van der Waals surface area contributed by atoms with Gasteiger partial charge in [0, 0.05) is 49.7 Å². The van der Waals surface area contributed by atoms with Crippen LogP contribution in [-0.4, -0.2) is 52.8 Å². The van der Waals surface area contributed by atoms with Gasteiger partial charge in [0.15, 0.2) is 5.78 Å². The van der Waals surface area contributed by atoms with E-state index in [1.54, 1.807) is 29.7 Å². The highest BCUT2D eigenvalue weighted by Crippen LogP contribution is 2.17. The molecule has 26 heavy (non-hydrogen) atoms. The lowest BCUT2D eigenvalue weighted by atomic mass is 9.97. The SMILES string of the molecule is O=C(CCC(=O)N1C=CN(CCO)C=C1)c1ccc2c(c1)CCNCC2. The van der Waals surface area contributed by atoms with Crippen LogP contribution in [0.1, 0.15) is 34.3 Å². The van der Waals surface area contributed by atoms with E-state index in [9.17, 15) is 9.59 Å². The van der Waals surface area contributed by atoms with Gasteiger partial charge >= 0.3 is 0 Å². The van der Waals surface area contributed by atoms with Crippen LogP contribution in [0.2, 0.25) is 0 Å². The number of β-amino-alcohol motifs (C(OH)–C–C–N with tert-alkyl or cyclic N) is 1. The number of amides is 1. The molecule has 138 valence electrons. The summed E-state index contributed by atoms with van der Waals surface area (Å²) >= 11 is 0. The molecule has 0 fully saturated rings. The zero-order chi connectivity index (χ0) is 18.4. The molecule has 1 aromatic rings. The van der Waals surface area contributed by atoms with Crippen LogP contribution in [0.25, 0.3) is 0 Å². The molecule has 0 unspecified atom stereocenters. The summed E-state index contributed by atoms with van der Waals surface area (Å²) in [7, 11) is 0. The van der Waals surface area contributed by atoms with Crippen LogP contribution in [-0.2, 0) is 17.6 Å². The van der Waals surface area contributed by atoms with E-state index >= 15 is 0 Å². The molecule has 0 bridgehead atoms. The van der Waals surface area contributed by atoms with Gasteiger partial charge in [0.1, 0.15) is 0 Å². The molecule has 3 rings (SSSR count). The number of benzene rings is 1.